The van der Waals surface area contributed by atoms with E-state index in [0.29, 0.717) is 6.42 Å². The second-order valence-corrected chi connectivity index (χ2v) is 4.03. The average molecular weight is 234 g/mol. The van der Waals surface area contributed by atoms with Crippen LogP contribution in [-0.4, -0.2) is 59.0 Å². The Morgan fingerprint density at radius 3 is 2.94 bits per heavy atom. The maximum Gasteiger partial charge on any atom is 0.321 e. The highest BCUT2D eigenvalue weighted by Gasteiger charge is 2.42. The lowest BCUT2D eigenvalue weighted by Gasteiger charge is -2.35. The van der Waals surface area contributed by atoms with Gasteiger partial charge < -0.3 is 20.3 Å². The van der Waals surface area contributed by atoms with Gasteiger partial charge in [0.2, 0.25) is 0 Å². The van der Waals surface area contributed by atoms with Crippen LogP contribution in [0.5, 0.6) is 0 Å². The minimum Gasteiger partial charge on any atom is -0.394 e. The Labute approximate surface area is 92.0 Å². The van der Waals surface area contributed by atoms with Crippen molar-refractivity contribution < 1.29 is 24.1 Å². The standard InChI is InChI=1S/C9H15FN2O4/c10-6-3-5(4-13)16-8(6)12-2-1-7(14)11-9(12)15/h5-8,13-14H,1-4H2,(H,11,15)/t5-,6?,7?,8+/m0/s1. The van der Waals surface area contributed by atoms with Crippen molar-refractivity contribution in [2.75, 3.05) is 13.2 Å². The van der Waals surface area contributed by atoms with Crippen molar-refractivity contribution in [3.8, 4) is 0 Å². The smallest absolute Gasteiger partial charge is 0.321 e. The fourth-order valence-corrected chi connectivity index (χ4v) is 2.00. The molecule has 0 saturated carbocycles. The van der Waals surface area contributed by atoms with Crippen LogP contribution in [0.4, 0.5) is 9.18 Å². The van der Waals surface area contributed by atoms with Crippen LogP contribution >= 0.6 is 0 Å². The molecule has 0 aromatic heterocycles. The van der Waals surface area contributed by atoms with Crippen molar-refractivity contribution in [1.29, 1.82) is 0 Å². The zero-order valence-corrected chi connectivity index (χ0v) is 8.67. The molecule has 2 saturated heterocycles. The van der Waals surface area contributed by atoms with E-state index in [1.165, 1.54) is 4.90 Å². The van der Waals surface area contributed by atoms with Crippen LogP contribution in [0.1, 0.15) is 12.8 Å². The quantitative estimate of drug-likeness (QED) is 0.582. The predicted octanol–water partition coefficient (Wildman–Crippen LogP) is -0.835. The number of ether oxygens (including phenoxy) is 1. The van der Waals surface area contributed by atoms with Gasteiger partial charge in [0.1, 0.15) is 12.4 Å². The minimum absolute atomic E-state index is 0.0908. The summed E-state index contributed by atoms with van der Waals surface area (Å²) in [5, 5.41) is 20.3. The van der Waals surface area contributed by atoms with Crippen LogP contribution in [0.3, 0.4) is 0 Å². The third-order valence-corrected chi connectivity index (χ3v) is 2.83. The average Bonchev–Trinajstić information content (AvgIpc) is 2.60. The molecule has 0 bridgehead atoms. The highest BCUT2D eigenvalue weighted by atomic mass is 19.1. The minimum atomic E-state index is -1.29. The van der Waals surface area contributed by atoms with Gasteiger partial charge in [-0.2, -0.15) is 0 Å². The molecule has 0 aromatic rings. The first-order valence-electron chi connectivity index (χ1n) is 5.27. The molecule has 6 nitrogen and oxygen atoms in total. The number of nitrogens with one attached hydrogen (secondary N) is 1. The molecular formula is C9H15FN2O4. The zero-order valence-electron chi connectivity index (χ0n) is 8.67. The number of hydrogen-bond donors (Lipinski definition) is 3. The highest BCUT2D eigenvalue weighted by molar-refractivity contribution is 5.75. The third-order valence-electron chi connectivity index (χ3n) is 2.83. The van der Waals surface area contributed by atoms with E-state index in [0.717, 1.165) is 0 Å². The van der Waals surface area contributed by atoms with Crippen LogP contribution in [0.15, 0.2) is 0 Å². The molecule has 2 aliphatic rings. The Morgan fingerprint density at radius 1 is 1.62 bits per heavy atom. The molecule has 0 radical (unpaired) electrons. The lowest BCUT2D eigenvalue weighted by molar-refractivity contribution is -0.0773. The molecule has 2 amide bonds. The summed E-state index contributed by atoms with van der Waals surface area (Å²) in [4.78, 5) is 12.7. The molecule has 92 valence electrons. The van der Waals surface area contributed by atoms with Crippen molar-refractivity contribution in [3.63, 3.8) is 0 Å². The van der Waals surface area contributed by atoms with Crippen LogP contribution in [-0.2, 0) is 4.74 Å². The lowest BCUT2D eigenvalue weighted by Crippen LogP contribution is -2.56. The van der Waals surface area contributed by atoms with E-state index >= 15 is 0 Å². The Morgan fingerprint density at radius 2 is 2.38 bits per heavy atom. The number of aliphatic hydroxyl groups excluding tert-OH is 2. The van der Waals surface area contributed by atoms with E-state index in [9.17, 15) is 14.3 Å². The Hall–Kier alpha value is -0.920. The van der Waals surface area contributed by atoms with E-state index in [2.05, 4.69) is 5.32 Å². The van der Waals surface area contributed by atoms with Crippen LogP contribution in [0.25, 0.3) is 0 Å². The molecule has 2 fully saturated rings. The van der Waals surface area contributed by atoms with Crippen molar-refractivity contribution in [2.45, 2.75) is 37.6 Å². The van der Waals surface area contributed by atoms with Crippen molar-refractivity contribution >= 4 is 6.03 Å². The van der Waals surface area contributed by atoms with Gasteiger partial charge in [0.15, 0.2) is 6.23 Å². The number of carbonyl (C=O) groups is 1. The van der Waals surface area contributed by atoms with Gasteiger partial charge in [-0.3, -0.25) is 4.90 Å². The maximum absolute atomic E-state index is 13.6. The van der Waals surface area contributed by atoms with Gasteiger partial charge in [-0.25, -0.2) is 9.18 Å². The number of alkyl halides is 1. The summed E-state index contributed by atoms with van der Waals surface area (Å²) in [5.41, 5.74) is 0. The fourth-order valence-electron chi connectivity index (χ4n) is 2.00. The molecule has 7 heteroatoms. The van der Waals surface area contributed by atoms with Gasteiger partial charge in [0.05, 0.1) is 12.7 Å². The first-order chi connectivity index (χ1) is 7.61. The summed E-state index contributed by atoms with van der Waals surface area (Å²) in [6, 6.07) is -0.537. The Bertz CT molecular complexity index is 278. The zero-order chi connectivity index (χ0) is 11.7. The summed E-state index contributed by atoms with van der Waals surface area (Å²) in [5.74, 6) is 0. The molecule has 2 aliphatic heterocycles. The monoisotopic (exact) mass is 234 g/mol. The van der Waals surface area contributed by atoms with E-state index < -0.39 is 30.8 Å². The summed E-state index contributed by atoms with van der Waals surface area (Å²) >= 11 is 0. The van der Waals surface area contributed by atoms with Gasteiger partial charge in [-0.15, -0.1) is 0 Å². The number of halogens is 1. The molecule has 2 rings (SSSR count). The normalized spacial score (nSPS) is 39.9. The van der Waals surface area contributed by atoms with Crippen molar-refractivity contribution in [2.24, 2.45) is 0 Å². The molecule has 0 spiro atoms. The number of rotatable bonds is 2. The van der Waals surface area contributed by atoms with Crippen LogP contribution in [0, 0.1) is 0 Å². The maximum atomic E-state index is 13.6. The highest BCUT2D eigenvalue weighted by Crippen LogP contribution is 2.27. The summed E-state index contributed by atoms with van der Waals surface area (Å²) in [6.07, 6.45) is -3.26. The molecule has 2 unspecified atom stereocenters. The molecular weight excluding hydrogens is 219 g/mol. The first-order valence-corrected chi connectivity index (χ1v) is 5.27. The predicted molar refractivity (Wildman–Crippen MR) is 51.1 cm³/mol. The second kappa shape index (κ2) is 4.52. The van der Waals surface area contributed by atoms with Gasteiger partial charge in [0, 0.05) is 19.4 Å². The summed E-state index contributed by atoms with van der Waals surface area (Å²) in [7, 11) is 0. The van der Waals surface area contributed by atoms with Crippen molar-refractivity contribution in [1.82, 2.24) is 10.2 Å². The lowest BCUT2D eigenvalue weighted by atomic mass is 10.2. The van der Waals surface area contributed by atoms with Crippen molar-refractivity contribution in [3.05, 3.63) is 0 Å². The van der Waals surface area contributed by atoms with Gasteiger partial charge in [-0.1, -0.05) is 0 Å². The number of hydrogen-bond acceptors (Lipinski definition) is 4. The number of amides is 2. The number of nitrogens with zero attached hydrogens (tertiary/aromatic N) is 1. The molecule has 4 atom stereocenters. The fraction of sp³-hybridized carbons (Fsp3) is 0.889. The number of aliphatic hydroxyl groups is 2. The second-order valence-electron chi connectivity index (χ2n) is 4.03. The number of urea groups is 1. The molecule has 0 aliphatic carbocycles. The molecule has 0 aromatic carbocycles. The van der Waals surface area contributed by atoms with E-state index in [4.69, 9.17) is 9.84 Å². The van der Waals surface area contributed by atoms with Gasteiger partial charge >= 0.3 is 6.03 Å². The molecule has 16 heavy (non-hydrogen) atoms. The van der Waals surface area contributed by atoms with Crippen LogP contribution < -0.4 is 5.32 Å². The first kappa shape index (κ1) is 11.6. The van der Waals surface area contributed by atoms with E-state index in [1.54, 1.807) is 0 Å². The number of carbonyl (C=O) groups excluding carboxylic acids is 1. The van der Waals surface area contributed by atoms with E-state index in [1.807, 2.05) is 0 Å². The third kappa shape index (κ3) is 2.11. The molecule has 2 heterocycles. The Kier molecular flexibility index (Phi) is 3.27. The largest absolute Gasteiger partial charge is 0.394 e. The summed E-state index contributed by atoms with van der Waals surface area (Å²) < 4.78 is 18.8. The van der Waals surface area contributed by atoms with Gasteiger partial charge in [0.25, 0.3) is 0 Å². The topological polar surface area (TPSA) is 82.0 Å². The molecule has 3 N–H and O–H groups in total. The Balaban J connectivity index is 1.99. The SMILES string of the molecule is O=C1NC(O)CCN1[C@@H]1O[C@H](CO)CC1F. The van der Waals surface area contributed by atoms with Gasteiger partial charge in [-0.05, 0) is 0 Å². The van der Waals surface area contributed by atoms with Crippen LogP contribution in [0.2, 0.25) is 0 Å². The van der Waals surface area contributed by atoms with E-state index in [-0.39, 0.29) is 19.6 Å². The summed E-state index contributed by atoms with van der Waals surface area (Å²) in [6.45, 7) is -0.00869.